The zero-order valence-electron chi connectivity index (χ0n) is 13.6. The van der Waals surface area contributed by atoms with Crippen molar-refractivity contribution < 1.29 is 20.4 Å². The van der Waals surface area contributed by atoms with E-state index in [1.54, 1.807) is 6.07 Å². The smallest absolute Gasteiger partial charge is 0.0681 e. The Kier molecular flexibility index (Phi) is 15.7. The first-order valence-corrected chi connectivity index (χ1v) is 8.29. The molecule has 128 valence electrons. The van der Waals surface area contributed by atoms with Crippen molar-refractivity contribution in [3.8, 4) is 0 Å². The van der Waals surface area contributed by atoms with E-state index < -0.39 is 0 Å². The average Bonchev–Trinajstić information content (AvgIpc) is 2.58. The summed E-state index contributed by atoms with van der Waals surface area (Å²) in [6.07, 6.45) is 9.30. The standard InChI is InChI=1S/C10H22O2.C8H10O2/c11-9-7-5-3-1-2-4-6-8-10-12;9-5-7-2-1-3-8(4-7)6-10/h11-12H,1-10H2;1-4,9-10H,5-6H2. The highest BCUT2D eigenvalue weighted by molar-refractivity contribution is 5.21. The molecule has 1 aromatic rings. The van der Waals surface area contributed by atoms with E-state index in [1.807, 2.05) is 18.2 Å². The lowest BCUT2D eigenvalue weighted by Crippen LogP contribution is -1.86. The van der Waals surface area contributed by atoms with Crippen LogP contribution in [0.3, 0.4) is 0 Å². The van der Waals surface area contributed by atoms with E-state index in [2.05, 4.69) is 0 Å². The molecule has 0 radical (unpaired) electrons. The van der Waals surface area contributed by atoms with Crippen LogP contribution in [0.15, 0.2) is 24.3 Å². The molecule has 1 aromatic carbocycles. The zero-order chi connectivity index (χ0) is 16.5. The van der Waals surface area contributed by atoms with Gasteiger partial charge in [-0.2, -0.15) is 0 Å². The maximum atomic E-state index is 8.68. The Labute approximate surface area is 134 Å². The molecule has 4 N–H and O–H groups in total. The summed E-state index contributed by atoms with van der Waals surface area (Å²) in [4.78, 5) is 0. The van der Waals surface area contributed by atoms with Gasteiger partial charge in [-0.25, -0.2) is 0 Å². The molecular formula is C18H32O4. The van der Waals surface area contributed by atoms with Crippen molar-refractivity contribution in [3.63, 3.8) is 0 Å². The first-order chi connectivity index (χ1) is 10.8. The molecule has 0 aliphatic heterocycles. The zero-order valence-corrected chi connectivity index (χ0v) is 13.6. The molecule has 0 heterocycles. The first-order valence-electron chi connectivity index (χ1n) is 8.29. The predicted octanol–water partition coefficient (Wildman–Crippen LogP) is 2.76. The van der Waals surface area contributed by atoms with Gasteiger partial charge in [0.2, 0.25) is 0 Å². The van der Waals surface area contributed by atoms with Gasteiger partial charge in [0.1, 0.15) is 0 Å². The quantitative estimate of drug-likeness (QED) is 0.474. The maximum absolute atomic E-state index is 8.68. The van der Waals surface area contributed by atoms with Crippen LogP contribution in [0.1, 0.15) is 62.5 Å². The Morgan fingerprint density at radius 2 is 0.909 bits per heavy atom. The minimum Gasteiger partial charge on any atom is -0.396 e. The normalized spacial score (nSPS) is 10.2. The van der Waals surface area contributed by atoms with Gasteiger partial charge in [0.05, 0.1) is 13.2 Å². The molecule has 0 saturated carbocycles. The van der Waals surface area contributed by atoms with Crippen molar-refractivity contribution >= 4 is 0 Å². The van der Waals surface area contributed by atoms with Crippen LogP contribution < -0.4 is 0 Å². The third kappa shape index (κ3) is 12.8. The molecule has 1 rings (SSSR count). The monoisotopic (exact) mass is 312 g/mol. The molecule has 0 atom stereocenters. The fraction of sp³-hybridized carbons (Fsp3) is 0.667. The van der Waals surface area contributed by atoms with Gasteiger partial charge in [-0.15, -0.1) is 0 Å². The number of hydrogen-bond acceptors (Lipinski definition) is 4. The first kappa shape index (κ1) is 21.1. The van der Waals surface area contributed by atoms with E-state index in [-0.39, 0.29) is 13.2 Å². The lowest BCUT2D eigenvalue weighted by molar-refractivity contribution is 0.275. The number of hydrogen-bond donors (Lipinski definition) is 4. The molecule has 0 amide bonds. The molecular weight excluding hydrogens is 280 g/mol. The third-order valence-corrected chi connectivity index (χ3v) is 3.42. The van der Waals surface area contributed by atoms with Gasteiger partial charge in [-0.1, -0.05) is 62.8 Å². The summed E-state index contributed by atoms with van der Waals surface area (Å²) in [6.45, 7) is 0.747. The van der Waals surface area contributed by atoms with Crippen molar-refractivity contribution in [3.05, 3.63) is 35.4 Å². The lowest BCUT2D eigenvalue weighted by atomic mass is 10.1. The molecule has 0 aliphatic carbocycles. The molecule has 4 heteroatoms. The second-order valence-corrected chi connectivity index (χ2v) is 5.41. The van der Waals surface area contributed by atoms with Gasteiger partial charge >= 0.3 is 0 Å². The molecule has 0 aromatic heterocycles. The Morgan fingerprint density at radius 1 is 0.545 bits per heavy atom. The van der Waals surface area contributed by atoms with Crippen molar-refractivity contribution in [2.24, 2.45) is 0 Å². The molecule has 0 spiro atoms. The Morgan fingerprint density at radius 3 is 1.23 bits per heavy atom. The lowest BCUT2D eigenvalue weighted by Gasteiger charge is -1.99. The summed E-state index contributed by atoms with van der Waals surface area (Å²) in [5.74, 6) is 0. The highest BCUT2D eigenvalue weighted by Gasteiger charge is 1.91. The Balaban J connectivity index is 0.000000406. The fourth-order valence-corrected chi connectivity index (χ4v) is 2.11. The molecule has 22 heavy (non-hydrogen) atoms. The van der Waals surface area contributed by atoms with Crippen molar-refractivity contribution in [1.82, 2.24) is 0 Å². The van der Waals surface area contributed by atoms with Crippen LogP contribution in [-0.2, 0) is 13.2 Å². The highest BCUT2D eigenvalue weighted by Crippen LogP contribution is 2.07. The van der Waals surface area contributed by atoms with Crippen LogP contribution in [0.5, 0.6) is 0 Å². The van der Waals surface area contributed by atoms with E-state index in [9.17, 15) is 0 Å². The van der Waals surface area contributed by atoms with Crippen LogP contribution >= 0.6 is 0 Å². The van der Waals surface area contributed by atoms with Crippen LogP contribution in [0.25, 0.3) is 0 Å². The van der Waals surface area contributed by atoms with Gasteiger partial charge in [-0.3, -0.25) is 0 Å². The number of benzene rings is 1. The van der Waals surface area contributed by atoms with E-state index in [1.165, 1.54) is 25.7 Å². The summed E-state index contributed by atoms with van der Waals surface area (Å²) in [5, 5.41) is 34.4. The Hall–Kier alpha value is -0.940. The second kappa shape index (κ2) is 16.4. The van der Waals surface area contributed by atoms with Crippen molar-refractivity contribution in [2.45, 2.75) is 64.6 Å². The van der Waals surface area contributed by atoms with E-state index in [0.29, 0.717) is 13.2 Å². The highest BCUT2D eigenvalue weighted by atomic mass is 16.3. The predicted molar refractivity (Wildman–Crippen MR) is 89.4 cm³/mol. The molecule has 0 saturated heterocycles. The van der Waals surface area contributed by atoms with E-state index in [4.69, 9.17) is 20.4 Å². The number of unbranched alkanes of at least 4 members (excludes halogenated alkanes) is 7. The van der Waals surface area contributed by atoms with Crippen LogP contribution in [0, 0.1) is 0 Å². The number of aliphatic hydroxyl groups excluding tert-OH is 4. The summed E-state index contributed by atoms with van der Waals surface area (Å²) < 4.78 is 0. The van der Waals surface area contributed by atoms with Crippen molar-refractivity contribution in [2.75, 3.05) is 13.2 Å². The van der Waals surface area contributed by atoms with Gasteiger partial charge in [0.15, 0.2) is 0 Å². The average molecular weight is 312 g/mol. The van der Waals surface area contributed by atoms with Gasteiger partial charge in [0.25, 0.3) is 0 Å². The summed E-state index contributed by atoms with van der Waals surface area (Å²) in [6, 6.07) is 7.23. The molecule has 0 bridgehead atoms. The fourth-order valence-electron chi connectivity index (χ4n) is 2.11. The van der Waals surface area contributed by atoms with E-state index in [0.717, 1.165) is 36.8 Å². The molecule has 4 nitrogen and oxygen atoms in total. The van der Waals surface area contributed by atoms with Crippen LogP contribution in [0.4, 0.5) is 0 Å². The second-order valence-electron chi connectivity index (χ2n) is 5.41. The number of rotatable bonds is 11. The van der Waals surface area contributed by atoms with Crippen LogP contribution in [0.2, 0.25) is 0 Å². The largest absolute Gasteiger partial charge is 0.396 e. The number of aliphatic hydroxyl groups is 4. The van der Waals surface area contributed by atoms with Crippen molar-refractivity contribution in [1.29, 1.82) is 0 Å². The molecule has 0 unspecified atom stereocenters. The molecule has 0 aliphatic rings. The van der Waals surface area contributed by atoms with Gasteiger partial charge < -0.3 is 20.4 Å². The van der Waals surface area contributed by atoms with Gasteiger partial charge in [-0.05, 0) is 24.0 Å². The third-order valence-electron chi connectivity index (χ3n) is 3.42. The summed E-state index contributed by atoms with van der Waals surface area (Å²) in [7, 11) is 0. The summed E-state index contributed by atoms with van der Waals surface area (Å²) in [5.41, 5.74) is 1.68. The Bertz CT molecular complexity index is 312. The minimum absolute atomic E-state index is 0.0356. The maximum Gasteiger partial charge on any atom is 0.0681 e. The SMILES string of the molecule is OCCCCCCCCCCO.OCc1cccc(CO)c1. The summed E-state index contributed by atoms with van der Waals surface area (Å²) >= 11 is 0. The topological polar surface area (TPSA) is 80.9 Å². The minimum atomic E-state index is 0.0356. The molecule has 0 fully saturated rings. The van der Waals surface area contributed by atoms with E-state index >= 15 is 0 Å². The van der Waals surface area contributed by atoms with Gasteiger partial charge in [0, 0.05) is 13.2 Å². The van der Waals surface area contributed by atoms with Crippen LogP contribution in [-0.4, -0.2) is 33.6 Å².